The first-order valence-electron chi connectivity index (χ1n) is 7.09. The van der Waals surface area contributed by atoms with Gasteiger partial charge in [0.05, 0.1) is 7.11 Å². The fraction of sp³-hybridized carbons (Fsp3) is 0.438. The first-order chi connectivity index (χ1) is 10.1. The number of imidazole rings is 1. The number of aryl methyl sites for hydroxylation is 1. The molecule has 0 spiro atoms. The van der Waals surface area contributed by atoms with Crippen molar-refractivity contribution in [2.45, 2.75) is 33.0 Å². The van der Waals surface area contributed by atoms with E-state index in [0.29, 0.717) is 12.6 Å². The molecule has 0 aliphatic heterocycles. The highest BCUT2D eigenvalue weighted by atomic mass is 16.5. The summed E-state index contributed by atoms with van der Waals surface area (Å²) in [4.78, 5) is 4.27. The highest BCUT2D eigenvalue weighted by Crippen LogP contribution is 2.25. The van der Waals surface area contributed by atoms with Crippen LogP contribution in [0.2, 0.25) is 0 Å². The zero-order chi connectivity index (χ0) is 15.2. The molecule has 0 bridgehead atoms. The number of hydrogen-bond acceptors (Lipinski definition) is 4. The van der Waals surface area contributed by atoms with Gasteiger partial charge in [0.25, 0.3) is 0 Å². The minimum Gasteiger partial charge on any atom is -0.497 e. The van der Waals surface area contributed by atoms with Crippen molar-refractivity contribution in [3.8, 4) is 11.5 Å². The van der Waals surface area contributed by atoms with E-state index in [-0.39, 0.29) is 0 Å². The summed E-state index contributed by atoms with van der Waals surface area (Å²) >= 11 is 0. The summed E-state index contributed by atoms with van der Waals surface area (Å²) in [7, 11) is 3.61. The van der Waals surface area contributed by atoms with E-state index in [1.165, 1.54) is 0 Å². The topological polar surface area (TPSA) is 48.3 Å². The SMILES string of the molecule is COc1ccc(CNC(C)C)c(OCc2nccn2C)c1. The Hall–Kier alpha value is -2.01. The maximum absolute atomic E-state index is 5.93. The number of nitrogens with one attached hydrogen (secondary N) is 1. The van der Waals surface area contributed by atoms with Gasteiger partial charge in [0.1, 0.15) is 23.9 Å². The summed E-state index contributed by atoms with van der Waals surface area (Å²) in [6, 6.07) is 6.32. The van der Waals surface area contributed by atoms with Crippen LogP contribution in [0, 0.1) is 0 Å². The number of rotatable bonds is 7. The second-order valence-corrected chi connectivity index (χ2v) is 5.25. The van der Waals surface area contributed by atoms with Gasteiger partial charge in [-0.25, -0.2) is 4.98 Å². The second-order valence-electron chi connectivity index (χ2n) is 5.25. The summed E-state index contributed by atoms with van der Waals surface area (Å²) in [5.74, 6) is 2.50. The molecule has 0 amide bonds. The van der Waals surface area contributed by atoms with Gasteiger partial charge in [-0.15, -0.1) is 0 Å². The van der Waals surface area contributed by atoms with Crippen molar-refractivity contribution in [2.24, 2.45) is 7.05 Å². The minimum atomic E-state index is 0.425. The average molecular weight is 289 g/mol. The molecule has 1 heterocycles. The summed E-state index contributed by atoms with van der Waals surface area (Å²) in [6.45, 7) is 5.44. The Bertz CT molecular complexity index is 579. The molecule has 0 saturated carbocycles. The van der Waals surface area contributed by atoms with Crippen molar-refractivity contribution in [3.05, 3.63) is 42.0 Å². The predicted molar refractivity (Wildman–Crippen MR) is 82.5 cm³/mol. The lowest BCUT2D eigenvalue weighted by molar-refractivity contribution is 0.285. The monoisotopic (exact) mass is 289 g/mol. The van der Waals surface area contributed by atoms with Gasteiger partial charge in [-0.2, -0.15) is 0 Å². The van der Waals surface area contributed by atoms with E-state index < -0.39 is 0 Å². The molecule has 2 rings (SSSR count). The van der Waals surface area contributed by atoms with Gasteiger partial charge in [0, 0.05) is 43.7 Å². The molecule has 5 heteroatoms. The lowest BCUT2D eigenvalue weighted by Gasteiger charge is -2.15. The van der Waals surface area contributed by atoms with Crippen LogP contribution in [0.15, 0.2) is 30.6 Å². The Morgan fingerprint density at radius 1 is 1.33 bits per heavy atom. The van der Waals surface area contributed by atoms with E-state index in [1.807, 2.05) is 36.0 Å². The standard InChI is InChI=1S/C16H23N3O2/c1-12(2)18-10-13-5-6-14(20-4)9-15(13)21-11-16-17-7-8-19(16)3/h5-9,12,18H,10-11H2,1-4H3. The molecule has 0 unspecified atom stereocenters. The molecule has 5 nitrogen and oxygen atoms in total. The molecule has 1 aromatic heterocycles. The van der Waals surface area contributed by atoms with Crippen molar-refractivity contribution < 1.29 is 9.47 Å². The van der Waals surface area contributed by atoms with Crippen LogP contribution in [0.1, 0.15) is 25.2 Å². The molecule has 0 fully saturated rings. The molecule has 114 valence electrons. The van der Waals surface area contributed by atoms with Crippen molar-refractivity contribution in [2.75, 3.05) is 7.11 Å². The van der Waals surface area contributed by atoms with Gasteiger partial charge in [-0.1, -0.05) is 19.9 Å². The summed E-state index contributed by atoms with van der Waals surface area (Å²) in [5, 5.41) is 3.40. The lowest BCUT2D eigenvalue weighted by atomic mass is 10.2. The summed E-state index contributed by atoms with van der Waals surface area (Å²) in [6.07, 6.45) is 3.68. The van der Waals surface area contributed by atoms with Crippen molar-refractivity contribution in [3.63, 3.8) is 0 Å². The van der Waals surface area contributed by atoms with Crippen LogP contribution in [0.25, 0.3) is 0 Å². The van der Waals surface area contributed by atoms with E-state index in [2.05, 4.69) is 24.1 Å². The van der Waals surface area contributed by atoms with Crippen molar-refractivity contribution in [1.29, 1.82) is 0 Å². The number of benzene rings is 1. The fourth-order valence-corrected chi connectivity index (χ4v) is 1.93. The first kappa shape index (κ1) is 15.4. The minimum absolute atomic E-state index is 0.425. The Balaban J connectivity index is 2.12. The Morgan fingerprint density at radius 3 is 2.76 bits per heavy atom. The van der Waals surface area contributed by atoms with Crippen LogP contribution >= 0.6 is 0 Å². The zero-order valence-electron chi connectivity index (χ0n) is 13.1. The third kappa shape index (κ3) is 4.23. The lowest BCUT2D eigenvalue weighted by Crippen LogP contribution is -2.22. The van der Waals surface area contributed by atoms with Crippen LogP contribution < -0.4 is 14.8 Å². The third-order valence-corrected chi connectivity index (χ3v) is 3.25. The largest absolute Gasteiger partial charge is 0.497 e. The third-order valence-electron chi connectivity index (χ3n) is 3.25. The number of ether oxygens (including phenoxy) is 2. The molecule has 2 aromatic rings. The van der Waals surface area contributed by atoms with Crippen LogP contribution in [0.4, 0.5) is 0 Å². The molecular weight excluding hydrogens is 266 g/mol. The maximum Gasteiger partial charge on any atom is 0.146 e. The van der Waals surface area contributed by atoms with E-state index >= 15 is 0 Å². The quantitative estimate of drug-likeness (QED) is 0.851. The molecule has 0 saturated heterocycles. The fourth-order valence-electron chi connectivity index (χ4n) is 1.93. The van der Waals surface area contributed by atoms with E-state index in [9.17, 15) is 0 Å². The van der Waals surface area contributed by atoms with Crippen LogP contribution in [-0.4, -0.2) is 22.7 Å². The van der Waals surface area contributed by atoms with Crippen LogP contribution in [0.3, 0.4) is 0 Å². The summed E-state index contributed by atoms with van der Waals surface area (Å²) < 4.78 is 13.2. The first-order valence-corrected chi connectivity index (χ1v) is 7.09. The molecule has 1 aromatic carbocycles. The van der Waals surface area contributed by atoms with Crippen LogP contribution in [-0.2, 0) is 20.2 Å². The number of nitrogens with zero attached hydrogens (tertiary/aromatic N) is 2. The van der Waals surface area contributed by atoms with E-state index in [1.54, 1.807) is 13.3 Å². The van der Waals surface area contributed by atoms with Crippen molar-refractivity contribution in [1.82, 2.24) is 14.9 Å². The number of methoxy groups -OCH3 is 1. The van der Waals surface area contributed by atoms with Crippen LogP contribution in [0.5, 0.6) is 11.5 Å². The highest BCUT2D eigenvalue weighted by Gasteiger charge is 2.08. The Kier molecular flexibility index (Phi) is 5.22. The molecule has 0 radical (unpaired) electrons. The Morgan fingerprint density at radius 2 is 2.14 bits per heavy atom. The predicted octanol–water partition coefficient (Wildman–Crippen LogP) is 2.51. The zero-order valence-corrected chi connectivity index (χ0v) is 13.1. The van der Waals surface area contributed by atoms with Gasteiger partial charge < -0.3 is 19.4 Å². The molecule has 0 aliphatic rings. The van der Waals surface area contributed by atoms with Gasteiger partial charge in [0.2, 0.25) is 0 Å². The highest BCUT2D eigenvalue weighted by molar-refractivity contribution is 5.40. The van der Waals surface area contributed by atoms with E-state index in [0.717, 1.165) is 29.4 Å². The van der Waals surface area contributed by atoms with E-state index in [4.69, 9.17) is 9.47 Å². The van der Waals surface area contributed by atoms with Gasteiger partial charge in [-0.05, 0) is 6.07 Å². The summed E-state index contributed by atoms with van der Waals surface area (Å²) in [5.41, 5.74) is 1.11. The average Bonchev–Trinajstić information content (AvgIpc) is 2.88. The number of aromatic nitrogens is 2. The molecule has 0 atom stereocenters. The normalized spacial score (nSPS) is 10.9. The molecule has 1 N–H and O–H groups in total. The maximum atomic E-state index is 5.93. The second kappa shape index (κ2) is 7.13. The number of hydrogen-bond donors (Lipinski definition) is 1. The Labute approximate surface area is 125 Å². The van der Waals surface area contributed by atoms with Crippen molar-refractivity contribution >= 4 is 0 Å². The van der Waals surface area contributed by atoms with Gasteiger partial charge >= 0.3 is 0 Å². The molecule has 21 heavy (non-hydrogen) atoms. The molecular formula is C16H23N3O2. The van der Waals surface area contributed by atoms with Gasteiger partial charge in [0.15, 0.2) is 0 Å². The van der Waals surface area contributed by atoms with Gasteiger partial charge in [-0.3, -0.25) is 0 Å². The molecule has 0 aliphatic carbocycles. The smallest absolute Gasteiger partial charge is 0.146 e.